The topological polar surface area (TPSA) is 97.4 Å². The summed E-state index contributed by atoms with van der Waals surface area (Å²) >= 11 is 0. The molecule has 1 aliphatic rings. The second-order valence-electron chi connectivity index (χ2n) is 5.48. The summed E-state index contributed by atoms with van der Waals surface area (Å²) in [7, 11) is 0. The quantitative estimate of drug-likeness (QED) is 0.422. The van der Waals surface area contributed by atoms with E-state index in [1.54, 1.807) is 0 Å². The molecule has 0 atom stereocenters. The molecule has 0 aromatic carbocycles. The van der Waals surface area contributed by atoms with Gasteiger partial charge in [-0.1, -0.05) is 12.2 Å². The highest BCUT2D eigenvalue weighted by Gasteiger charge is 2.18. The van der Waals surface area contributed by atoms with E-state index in [4.69, 9.17) is 11.1 Å². The number of piperazine rings is 1. The van der Waals surface area contributed by atoms with Crippen molar-refractivity contribution in [1.82, 2.24) is 20.0 Å². The first-order valence-electron chi connectivity index (χ1n) is 7.79. The van der Waals surface area contributed by atoms with Crippen molar-refractivity contribution in [1.29, 1.82) is 5.41 Å². The second-order valence-corrected chi connectivity index (χ2v) is 5.48. The van der Waals surface area contributed by atoms with Crippen molar-refractivity contribution in [3.8, 4) is 0 Å². The van der Waals surface area contributed by atoms with Gasteiger partial charge in [0.05, 0.1) is 12.1 Å². The number of allylic oxidation sites excluding steroid dienone is 1. The number of nitrogens with one attached hydrogen (secondary N) is 2. The molecule has 7 nitrogen and oxygen atoms in total. The van der Waals surface area contributed by atoms with Crippen LogP contribution in [0.4, 0.5) is 5.82 Å². The molecule has 1 aromatic heterocycles. The van der Waals surface area contributed by atoms with E-state index in [0.29, 0.717) is 23.9 Å². The van der Waals surface area contributed by atoms with Gasteiger partial charge in [-0.25, -0.2) is 4.99 Å². The molecule has 0 amide bonds. The minimum Gasteiger partial charge on any atom is -0.387 e. The Morgan fingerprint density at radius 1 is 1.48 bits per heavy atom. The summed E-state index contributed by atoms with van der Waals surface area (Å²) < 4.78 is 0. The summed E-state index contributed by atoms with van der Waals surface area (Å²) in [6.45, 7) is 10.2. The zero-order valence-electron chi connectivity index (χ0n) is 13.6. The lowest BCUT2D eigenvalue weighted by atomic mass is 10.2. The lowest BCUT2D eigenvalue weighted by Crippen LogP contribution is -2.49. The van der Waals surface area contributed by atoms with E-state index >= 15 is 0 Å². The minimum atomic E-state index is 0.341. The van der Waals surface area contributed by atoms with E-state index in [9.17, 15) is 0 Å². The number of nitrogens with zero attached hydrogens (tertiary/aromatic N) is 4. The standard InChI is InChI=1S/C16H25N7/c1-3-5-13-11-16(21-20-13)19-14(17)12-15(18)23-9-7-22(6-4-2)8-10-23/h3-5,11,18H,2,6-10,12H2,1H3,(H3,17,19,20,21)/b5-3+,18-15?. The number of amidine groups is 2. The van der Waals surface area contributed by atoms with Crippen LogP contribution < -0.4 is 5.73 Å². The number of aromatic nitrogens is 2. The van der Waals surface area contributed by atoms with Crippen LogP contribution in [0.25, 0.3) is 6.08 Å². The Morgan fingerprint density at radius 2 is 2.22 bits per heavy atom. The predicted molar refractivity (Wildman–Crippen MR) is 95.1 cm³/mol. The summed E-state index contributed by atoms with van der Waals surface area (Å²) in [5.41, 5.74) is 6.84. The van der Waals surface area contributed by atoms with Gasteiger partial charge in [0.25, 0.3) is 0 Å². The lowest BCUT2D eigenvalue weighted by molar-refractivity contribution is 0.196. The fourth-order valence-electron chi connectivity index (χ4n) is 2.50. The lowest BCUT2D eigenvalue weighted by Gasteiger charge is -2.35. The van der Waals surface area contributed by atoms with Gasteiger partial charge in [-0.05, 0) is 13.0 Å². The van der Waals surface area contributed by atoms with Crippen molar-refractivity contribution >= 4 is 23.6 Å². The van der Waals surface area contributed by atoms with Crippen molar-refractivity contribution in [2.45, 2.75) is 13.3 Å². The number of aliphatic imine (C=N–C) groups is 1. The van der Waals surface area contributed by atoms with Gasteiger partial charge in [-0.2, -0.15) is 5.10 Å². The molecule has 0 aliphatic carbocycles. The molecule has 1 aliphatic heterocycles. The van der Waals surface area contributed by atoms with E-state index in [1.165, 1.54) is 0 Å². The van der Waals surface area contributed by atoms with E-state index in [2.05, 4.69) is 31.6 Å². The van der Waals surface area contributed by atoms with Gasteiger partial charge < -0.3 is 10.6 Å². The second kappa shape index (κ2) is 8.28. The average molecular weight is 315 g/mol. The molecule has 2 heterocycles. The van der Waals surface area contributed by atoms with Gasteiger partial charge in [-0.15, -0.1) is 6.58 Å². The molecule has 1 saturated heterocycles. The molecule has 1 aromatic rings. The third kappa shape index (κ3) is 5.07. The highest BCUT2D eigenvalue weighted by Crippen LogP contribution is 2.11. The number of rotatable bonds is 6. The maximum Gasteiger partial charge on any atom is 0.175 e. The minimum absolute atomic E-state index is 0.341. The zero-order valence-corrected chi connectivity index (χ0v) is 13.6. The van der Waals surface area contributed by atoms with E-state index in [-0.39, 0.29) is 0 Å². The third-order valence-electron chi connectivity index (χ3n) is 3.68. The molecule has 23 heavy (non-hydrogen) atoms. The Hall–Kier alpha value is -2.41. The highest BCUT2D eigenvalue weighted by atomic mass is 15.3. The predicted octanol–water partition coefficient (Wildman–Crippen LogP) is 1.60. The number of nitrogens with two attached hydrogens (primary N) is 1. The maximum atomic E-state index is 8.21. The molecule has 0 bridgehead atoms. The first-order chi connectivity index (χ1) is 11.1. The maximum absolute atomic E-state index is 8.21. The molecule has 0 radical (unpaired) electrons. The summed E-state index contributed by atoms with van der Waals surface area (Å²) in [6, 6.07) is 1.82. The van der Waals surface area contributed by atoms with Crippen LogP contribution in [0.15, 0.2) is 29.8 Å². The molecule has 1 fully saturated rings. The van der Waals surface area contributed by atoms with Gasteiger partial charge in [0.2, 0.25) is 0 Å². The highest BCUT2D eigenvalue weighted by molar-refractivity contribution is 6.01. The van der Waals surface area contributed by atoms with Crippen LogP contribution in [0, 0.1) is 5.41 Å². The molecule has 4 N–H and O–H groups in total. The monoisotopic (exact) mass is 315 g/mol. The Morgan fingerprint density at radius 3 is 2.87 bits per heavy atom. The molecule has 2 rings (SSSR count). The first-order valence-corrected chi connectivity index (χ1v) is 7.79. The summed E-state index contributed by atoms with van der Waals surface area (Å²) in [5, 5.41) is 15.2. The molecule has 7 heteroatoms. The van der Waals surface area contributed by atoms with Crippen molar-refractivity contribution < 1.29 is 0 Å². The van der Waals surface area contributed by atoms with Crippen LogP contribution in [-0.4, -0.2) is 64.4 Å². The van der Waals surface area contributed by atoms with Crippen molar-refractivity contribution in [2.75, 3.05) is 32.7 Å². The molecule has 0 spiro atoms. The van der Waals surface area contributed by atoms with E-state index < -0.39 is 0 Å². The van der Waals surface area contributed by atoms with Gasteiger partial charge in [0.15, 0.2) is 5.82 Å². The van der Waals surface area contributed by atoms with Crippen LogP contribution in [0.3, 0.4) is 0 Å². The van der Waals surface area contributed by atoms with Crippen molar-refractivity contribution in [2.24, 2.45) is 10.7 Å². The zero-order chi connectivity index (χ0) is 16.7. The van der Waals surface area contributed by atoms with Crippen LogP contribution in [0.2, 0.25) is 0 Å². The number of hydrogen-bond acceptors (Lipinski definition) is 4. The summed E-state index contributed by atoms with van der Waals surface area (Å²) in [4.78, 5) is 8.64. The number of hydrogen-bond donors (Lipinski definition) is 3. The van der Waals surface area contributed by atoms with Crippen LogP contribution in [0.1, 0.15) is 19.0 Å². The SMILES string of the molecule is C=CCN1CCN(C(=N)CC(N)=Nc2cc(/C=C/C)[nH]n2)CC1. The van der Waals surface area contributed by atoms with E-state index in [1.807, 2.05) is 31.2 Å². The van der Waals surface area contributed by atoms with Crippen molar-refractivity contribution in [3.05, 3.63) is 30.5 Å². The Balaban J connectivity index is 1.86. The normalized spacial score (nSPS) is 16.9. The fraction of sp³-hybridized carbons (Fsp3) is 0.438. The first kappa shape index (κ1) is 17.0. The smallest absolute Gasteiger partial charge is 0.175 e. The molecule has 0 unspecified atom stereocenters. The largest absolute Gasteiger partial charge is 0.387 e. The van der Waals surface area contributed by atoms with Gasteiger partial charge in [0, 0.05) is 38.8 Å². The molecule has 124 valence electrons. The Labute approximate surface area is 137 Å². The summed E-state index contributed by atoms with van der Waals surface area (Å²) in [5.74, 6) is 1.45. The number of H-pyrrole nitrogens is 1. The van der Waals surface area contributed by atoms with Gasteiger partial charge >= 0.3 is 0 Å². The van der Waals surface area contributed by atoms with E-state index in [0.717, 1.165) is 38.4 Å². The van der Waals surface area contributed by atoms with Crippen LogP contribution in [0.5, 0.6) is 0 Å². The van der Waals surface area contributed by atoms with Crippen LogP contribution in [-0.2, 0) is 0 Å². The average Bonchev–Trinajstić information content (AvgIpc) is 2.95. The third-order valence-corrected chi connectivity index (χ3v) is 3.68. The van der Waals surface area contributed by atoms with Gasteiger partial charge in [0.1, 0.15) is 11.7 Å². The number of aromatic amines is 1. The van der Waals surface area contributed by atoms with Crippen LogP contribution >= 0.6 is 0 Å². The van der Waals surface area contributed by atoms with Crippen molar-refractivity contribution in [3.63, 3.8) is 0 Å². The molecule has 0 saturated carbocycles. The molecular weight excluding hydrogens is 290 g/mol. The fourth-order valence-corrected chi connectivity index (χ4v) is 2.50. The molecular formula is C16H25N7. The van der Waals surface area contributed by atoms with Gasteiger partial charge in [-0.3, -0.25) is 15.4 Å². The Bertz CT molecular complexity index is 591. The Kier molecular flexibility index (Phi) is 6.10. The summed E-state index contributed by atoms with van der Waals surface area (Å²) in [6.07, 6.45) is 6.09.